The summed E-state index contributed by atoms with van der Waals surface area (Å²) in [5.74, 6) is 0.325. The predicted molar refractivity (Wildman–Crippen MR) is 76.4 cm³/mol. The van der Waals surface area contributed by atoms with Gasteiger partial charge in [0.2, 0.25) is 0 Å². The first-order chi connectivity index (χ1) is 9.06. The van der Waals surface area contributed by atoms with Crippen molar-refractivity contribution in [1.82, 2.24) is 0 Å². The normalized spacial score (nSPS) is 10.2. The van der Waals surface area contributed by atoms with Crippen LogP contribution in [0.1, 0.15) is 21.5 Å². The molecule has 0 aromatic heterocycles. The number of carbonyl (C=O) groups is 1. The molecule has 4 heteroatoms. The van der Waals surface area contributed by atoms with Gasteiger partial charge in [0.1, 0.15) is 5.75 Å². The summed E-state index contributed by atoms with van der Waals surface area (Å²) in [7, 11) is 1.50. The van der Waals surface area contributed by atoms with Gasteiger partial charge >= 0.3 is 0 Å². The molecule has 0 aliphatic carbocycles. The summed E-state index contributed by atoms with van der Waals surface area (Å²) >= 11 is 0. The Kier molecular flexibility index (Phi) is 3.42. The Morgan fingerprint density at radius 1 is 1.11 bits per heavy atom. The minimum absolute atomic E-state index is 0.0944. The van der Waals surface area contributed by atoms with Crippen molar-refractivity contribution in [3.05, 3.63) is 53.1 Å². The molecule has 4 N–H and O–H groups in total. The zero-order valence-corrected chi connectivity index (χ0v) is 10.9. The Bertz CT molecular complexity index is 622. The summed E-state index contributed by atoms with van der Waals surface area (Å²) in [5.41, 5.74) is 14.3. The van der Waals surface area contributed by atoms with E-state index >= 15 is 0 Å². The van der Waals surface area contributed by atoms with Crippen molar-refractivity contribution >= 4 is 17.2 Å². The molecule has 2 aromatic rings. The lowest BCUT2D eigenvalue weighted by Crippen LogP contribution is -2.09. The fourth-order valence-electron chi connectivity index (χ4n) is 1.95. The van der Waals surface area contributed by atoms with Gasteiger partial charge in [-0.15, -0.1) is 0 Å². The molecular weight excluding hydrogens is 240 g/mol. The van der Waals surface area contributed by atoms with Crippen molar-refractivity contribution in [2.45, 2.75) is 6.92 Å². The zero-order chi connectivity index (χ0) is 14.0. The monoisotopic (exact) mass is 256 g/mol. The highest BCUT2D eigenvalue weighted by Gasteiger charge is 2.17. The first-order valence-corrected chi connectivity index (χ1v) is 5.88. The number of hydrogen-bond donors (Lipinski definition) is 2. The van der Waals surface area contributed by atoms with Crippen molar-refractivity contribution in [3.63, 3.8) is 0 Å². The van der Waals surface area contributed by atoms with Gasteiger partial charge in [-0.1, -0.05) is 30.3 Å². The summed E-state index contributed by atoms with van der Waals surface area (Å²) in [6.07, 6.45) is 0. The SMILES string of the molecule is COc1cc(C(=O)c2ccccc2)c(C)c(N)c1N. The summed E-state index contributed by atoms with van der Waals surface area (Å²) in [6.45, 7) is 1.78. The maximum atomic E-state index is 12.4. The van der Waals surface area contributed by atoms with E-state index in [0.717, 1.165) is 0 Å². The van der Waals surface area contributed by atoms with E-state index in [1.54, 1.807) is 25.1 Å². The summed E-state index contributed by atoms with van der Waals surface area (Å²) in [4.78, 5) is 12.4. The largest absolute Gasteiger partial charge is 0.494 e. The zero-order valence-electron chi connectivity index (χ0n) is 10.9. The third-order valence-corrected chi connectivity index (χ3v) is 3.14. The minimum atomic E-state index is -0.0944. The van der Waals surface area contributed by atoms with Gasteiger partial charge in [-0.05, 0) is 18.6 Å². The lowest BCUT2D eigenvalue weighted by atomic mass is 9.97. The van der Waals surface area contributed by atoms with Crippen molar-refractivity contribution in [1.29, 1.82) is 0 Å². The molecule has 19 heavy (non-hydrogen) atoms. The van der Waals surface area contributed by atoms with E-state index in [-0.39, 0.29) is 5.78 Å². The molecule has 2 aromatic carbocycles. The van der Waals surface area contributed by atoms with Crippen molar-refractivity contribution in [3.8, 4) is 5.75 Å². The molecule has 98 valence electrons. The molecule has 0 fully saturated rings. The topological polar surface area (TPSA) is 78.3 Å². The van der Waals surface area contributed by atoms with E-state index in [1.165, 1.54) is 7.11 Å². The Hall–Kier alpha value is -2.49. The Morgan fingerprint density at radius 2 is 1.74 bits per heavy atom. The number of hydrogen-bond acceptors (Lipinski definition) is 4. The molecule has 0 saturated carbocycles. The lowest BCUT2D eigenvalue weighted by molar-refractivity contribution is 0.103. The molecule has 4 nitrogen and oxygen atoms in total. The fraction of sp³-hybridized carbons (Fsp3) is 0.133. The third kappa shape index (κ3) is 2.25. The van der Waals surface area contributed by atoms with Crippen LogP contribution in [0.2, 0.25) is 0 Å². The highest BCUT2D eigenvalue weighted by atomic mass is 16.5. The number of benzene rings is 2. The quantitative estimate of drug-likeness (QED) is 0.653. The van der Waals surface area contributed by atoms with Gasteiger partial charge in [0.25, 0.3) is 0 Å². The van der Waals surface area contributed by atoms with Crippen LogP contribution in [0.3, 0.4) is 0 Å². The van der Waals surface area contributed by atoms with Crippen LogP contribution in [0.4, 0.5) is 11.4 Å². The Labute approximate surface area is 112 Å². The highest BCUT2D eigenvalue weighted by Crippen LogP contribution is 2.33. The summed E-state index contributed by atoms with van der Waals surface area (Å²) in [6, 6.07) is 10.7. The number of nitrogens with two attached hydrogens (primary N) is 2. The van der Waals surface area contributed by atoms with Gasteiger partial charge in [0, 0.05) is 11.1 Å². The first kappa shape index (κ1) is 13.0. The van der Waals surface area contributed by atoms with Gasteiger partial charge in [-0.25, -0.2) is 0 Å². The number of carbonyl (C=O) groups excluding carboxylic acids is 1. The van der Waals surface area contributed by atoms with E-state index in [0.29, 0.717) is 33.8 Å². The average molecular weight is 256 g/mol. The molecule has 0 bridgehead atoms. The number of ether oxygens (including phenoxy) is 1. The van der Waals surface area contributed by atoms with Crippen LogP contribution in [-0.4, -0.2) is 12.9 Å². The molecule has 0 saturated heterocycles. The molecule has 0 spiro atoms. The molecule has 0 atom stereocenters. The second kappa shape index (κ2) is 5.02. The van der Waals surface area contributed by atoms with Crippen molar-refractivity contribution in [2.75, 3.05) is 18.6 Å². The molecule has 2 rings (SSSR count). The first-order valence-electron chi connectivity index (χ1n) is 5.88. The fourth-order valence-corrected chi connectivity index (χ4v) is 1.95. The minimum Gasteiger partial charge on any atom is -0.494 e. The van der Waals surface area contributed by atoms with Crippen molar-refractivity contribution < 1.29 is 9.53 Å². The molecule has 0 unspecified atom stereocenters. The third-order valence-electron chi connectivity index (χ3n) is 3.14. The molecule has 0 amide bonds. The van der Waals surface area contributed by atoms with Crippen LogP contribution in [-0.2, 0) is 0 Å². The number of nitrogen functional groups attached to an aromatic ring is 2. The van der Waals surface area contributed by atoms with Crippen molar-refractivity contribution in [2.24, 2.45) is 0 Å². The standard InChI is InChI=1S/C15H16N2O2/c1-9-11(8-12(19-2)14(17)13(9)16)15(18)10-6-4-3-5-7-10/h3-8H,16-17H2,1-2H3. The number of methoxy groups -OCH3 is 1. The van der Waals surface area contributed by atoms with Gasteiger partial charge < -0.3 is 16.2 Å². The second-order valence-corrected chi connectivity index (χ2v) is 4.27. The van der Waals surface area contributed by atoms with Crippen LogP contribution in [0, 0.1) is 6.92 Å². The number of rotatable bonds is 3. The van der Waals surface area contributed by atoms with Crippen LogP contribution < -0.4 is 16.2 Å². The molecule has 0 aliphatic heterocycles. The van der Waals surface area contributed by atoms with Crippen LogP contribution in [0.25, 0.3) is 0 Å². The van der Waals surface area contributed by atoms with E-state index in [4.69, 9.17) is 16.2 Å². The lowest BCUT2D eigenvalue weighted by Gasteiger charge is -2.14. The molecule has 0 heterocycles. The maximum Gasteiger partial charge on any atom is 0.193 e. The van der Waals surface area contributed by atoms with E-state index < -0.39 is 0 Å². The molecule has 0 radical (unpaired) electrons. The van der Waals surface area contributed by atoms with Crippen LogP contribution in [0.15, 0.2) is 36.4 Å². The smallest absolute Gasteiger partial charge is 0.193 e. The van der Waals surface area contributed by atoms with Gasteiger partial charge in [0.15, 0.2) is 5.78 Å². The summed E-state index contributed by atoms with van der Waals surface area (Å²) in [5, 5.41) is 0. The highest BCUT2D eigenvalue weighted by molar-refractivity contribution is 6.11. The van der Waals surface area contributed by atoms with Crippen LogP contribution in [0.5, 0.6) is 5.75 Å². The predicted octanol–water partition coefficient (Wildman–Crippen LogP) is 2.40. The Morgan fingerprint density at radius 3 is 2.32 bits per heavy atom. The number of anilines is 2. The van der Waals surface area contributed by atoms with Gasteiger partial charge in [0.05, 0.1) is 18.5 Å². The van der Waals surface area contributed by atoms with Gasteiger partial charge in [-0.3, -0.25) is 4.79 Å². The van der Waals surface area contributed by atoms with Gasteiger partial charge in [-0.2, -0.15) is 0 Å². The average Bonchev–Trinajstić information content (AvgIpc) is 2.45. The van der Waals surface area contributed by atoms with E-state index in [2.05, 4.69) is 0 Å². The Balaban J connectivity index is 2.57. The van der Waals surface area contributed by atoms with E-state index in [9.17, 15) is 4.79 Å². The van der Waals surface area contributed by atoms with E-state index in [1.807, 2.05) is 18.2 Å². The maximum absolute atomic E-state index is 12.4. The summed E-state index contributed by atoms with van der Waals surface area (Å²) < 4.78 is 5.15. The van der Waals surface area contributed by atoms with Crippen LogP contribution >= 0.6 is 0 Å². The molecule has 0 aliphatic rings. The second-order valence-electron chi connectivity index (χ2n) is 4.27. The number of ketones is 1. The molecular formula is C15H16N2O2.